The van der Waals surface area contributed by atoms with E-state index in [0.29, 0.717) is 6.04 Å². The summed E-state index contributed by atoms with van der Waals surface area (Å²) in [7, 11) is 0. The predicted molar refractivity (Wildman–Crippen MR) is 79.1 cm³/mol. The maximum atomic E-state index is 4.46. The fourth-order valence-corrected chi connectivity index (χ4v) is 3.00. The molecule has 108 valence electrons. The highest BCUT2D eigenvalue weighted by Gasteiger charge is 2.24. The molecule has 0 spiro atoms. The van der Waals surface area contributed by atoms with E-state index in [2.05, 4.69) is 48.0 Å². The number of anilines is 1. The Labute approximate surface area is 122 Å². The van der Waals surface area contributed by atoms with Crippen molar-refractivity contribution in [1.82, 2.24) is 29.9 Å². The SMILES string of the molecule is Cc1cnn(C2CCCN(c3ncnc4[nH]ncc34)C2)c1. The highest BCUT2D eigenvalue weighted by molar-refractivity contribution is 5.86. The molecule has 0 bridgehead atoms. The third-order valence-corrected chi connectivity index (χ3v) is 4.03. The van der Waals surface area contributed by atoms with Gasteiger partial charge in [0.25, 0.3) is 0 Å². The Balaban J connectivity index is 1.65. The van der Waals surface area contributed by atoms with Crippen LogP contribution < -0.4 is 4.90 Å². The Morgan fingerprint density at radius 3 is 3.10 bits per heavy atom. The molecule has 1 aliphatic heterocycles. The standard InChI is InChI=1S/C14H17N7/c1-10-5-18-21(7-10)11-3-2-4-20(8-11)14-12-6-17-19-13(12)15-9-16-14/h5-7,9,11H,2-4,8H2,1H3,(H,15,16,17,19). The van der Waals surface area contributed by atoms with E-state index >= 15 is 0 Å². The van der Waals surface area contributed by atoms with Crippen molar-refractivity contribution >= 4 is 16.9 Å². The van der Waals surface area contributed by atoms with Crippen molar-refractivity contribution in [3.63, 3.8) is 0 Å². The lowest BCUT2D eigenvalue weighted by atomic mass is 10.1. The topological polar surface area (TPSA) is 75.5 Å². The van der Waals surface area contributed by atoms with E-state index in [1.54, 1.807) is 12.5 Å². The lowest BCUT2D eigenvalue weighted by Gasteiger charge is -2.33. The van der Waals surface area contributed by atoms with E-state index in [-0.39, 0.29) is 0 Å². The van der Waals surface area contributed by atoms with E-state index in [1.807, 2.05) is 6.20 Å². The molecule has 0 aliphatic carbocycles. The molecule has 4 heterocycles. The van der Waals surface area contributed by atoms with Gasteiger partial charge in [0.05, 0.1) is 23.8 Å². The van der Waals surface area contributed by atoms with Crippen LogP contribution in [0.3, 0.4) is 0 Å². The van der Waals surface area contributed by atoms with Crippen molar-refractivity contribution in [1.29, 1.82) is 0 Å². The minimum absolute atomic E-state index is 0.393. The number of hydrogen-bond donors (Lipinski definition) is 1. The molecular formula is C14H17N7. The molecule has 21 heavy (non-hydrogen) atoms. The number of rotatable bonds is 2. The number of aromatic nitrogens is 6. The molecule has 7 nitrogen and oxygen atoms in total. The van der Waals surface area contributed by atoms with Gasteiger partial charge in [0.2, 0.25) is 0 Å². The normalized spacial score (nSPS) is 19.3. The lowest BCUT2D eigenvalue weighted by Crippen LogP contribution is -2.37. The van der Waals surface area contributed by atoms with Gasteiger partial charge in [-0.1, -0.05) is 0 Å². The van der Waals surface area contributed by atoms with Gasteiger partial charge in [-0.3, -0.25) is 9.78 Å². The van der Waals surface area contributed by atoms with Gasteiger partial charge in [-0.05, 0) is 25.3 Å². The summed E-state index contributed by atoms with van der Waals surface area (Å²) in [6.07, 6.45) is 9.70. The molecule has 0 aromatic carbocycles. The molecule has 0 radical (unpaired) electrons. The first-order valence-electron chi connectivity index (χ1n) is 7.21. The van der Waals surface area contributed by atoms with Gasteiger partial charge in [-0.15, -0.1) is 0 Å². The van der Waals surface area contributed by atoms with E-state index < -0.39 is 0 Å². The van der Waals surface area contributed by atoms with Gasteiger partial charge in [0.1, 0.15) is 12.1 Å². The van der Waals surface area contributed by atoms with E-state index in [4.69, 9.17) is 0 Å². The summed E-state index contributed by atoms with van der Waals surface area (Å²) in [4.78, 5) is 11.0. The molecule has 3 aromatic heterocycles. The zero-order valence-corrected chi connectivity index (χ0v) is 11.9. The molecule has 1 atom stereocenters. The molecule has 4 rings (SSSR count). The summed E-state index contributed by atoms with van der Waals surface area (Å²) < 4.78 is 2.08. The second kappa shape index (κ2) is 4.83. The average Bonchev–Trinajstić information content (AvgIpc) is 3.15. The molecule has 1 saturated heterocycles. The van der Waals surface area contributed by atoms with Crippen LogP contribution in [0.4, 0.5) is 5.82 Å². The van der Waals surface area contributed by atoms with Crippen molar-refractivity contribution in [2.24, 2.45) is 0 Å². The Morgan fingerprint density at radius 2 is 2.24 bits per heavy atom. The largest absolute Gasteiger partial charge is 0.354 e. The van der Waals surface area contributed by atoms with Crippen LogP contribution in [0.15, 0.2) is 24.9 Å². The third-order valence-electron chi connectivity index (χ3n) is 4.03. The van der Waals surface area contributed by atoms with Crippen LogP contribution in [-0.4, -0.2) is 43.0 Å². The first-order chi connectivity index (χ1) is 10.3. The van der Waals surface area contributed by atoms with Crippen molar-refractivity contribution in [2.45, 2.75) is 25.8 Å². The van der Waals surface area contributed by atoms with Gasteiger partial charge >= 0.3 is 0 Å². The first-order valence-corrected chi connectivity index (χ1v) is 7.21. The van der Waals surface area contributed by atoms with Crippen molar-refractivity contribution in [3.8, 4) is 0 Å². The van der Waals surface area contributed by atoms with Crippen LogP contribution >= 0.6 is 0 Å². The van der Waals surface area contributed by atoms with Crippen LogP contribution in [0.5, 0.6) is 0 Å². The minimum atomic E-state index is 0.393. The predicted octanol–water partition coefficient (Wildman–Crippen LogP) is 1.70. The number of aryl methyl sites for hydroxylation is 1. The molecule has 1 fully saturated rings. The van der Waals surface area contributed by atoms with Crippen molar-refractivity contribution < 1.29 is 0 Å². The fourth-order valence-electron chi connectivity index (χ4n) is 3.00. The molecule has 3 aromatic rings. The smallest absolute Gasteiger partial charge is 0.160 e. The molecule has 1 aliphatic rings. The summed E-state index contributed by atoms with van der Waals surface area (Å²) >= 11 is 0. The van der Waals surface area contributed by atoms with Crippen LogP contribution in [0.2, 0.25) is 0 Å². The van der Waals surface area contributed by atoms with Crippen LogP contribution in [0.25, 0.3) is 11.0 Å². The van der Waals surface area contributed by atoms with Gasteiger partial charge in [-0.25, -0.2) is 9.97 Å². The Hall–Kier alpha value is -2.44. The number of hydrogen-bond acceptors (Lipinski definition) is 5. The number of aromatic amines is 1. The number of piperidine rings is 1. The van der Waals surface area contributed by atoms with E-state index in [1.165, 1.54) is 5.56 Å². The Kier molecular flexibility index (Phi) is 2.83. The second-order valence-corrected chi connectivity index (χ2v) is 5.57. The monoisotopic (exact) mass is 283 g/mol. The zero-order valence-electron chi connectivity index (χ0n) is 11.9. The highest BCUT2D eigenvalue weighted by atomic mass is 15.3. The third kappa shape index (κ3) is 2.14. The molecule has 1 N–H and O–H groups in total. The molecule has 7 heteroatoms. The van der Waals surface area contributed by atoms with Crippen molar-refractivity contribution in [3.05, 3.63) is 30.5 Å². The maximum Gasteiger partial charge on any atom is 0.160 e. The van der Waals surface area contributed by atoms with Crippen LogP contribution in [0, 0.1) is 6.92 Å². The quantitative estimate of drug-likeness (QED) is 0.774. The number of nitrogens with zero attached hydrogens (tertiary/aromatic N) is 6. The zero-order chi connectivity index (χ0) is 14.2. The summed E-state index contributed by atoms with van der Waals surface area (Å²) in [6, 6.07) is 0.393. The summed E-state index contributed by atoms with van der Waals surface area (Å²) in [5, 5.41) is 12.4. The van der Waals surface area contributed by atoms with E-state index in [0.717, 1.165) is 42.8 Å². The van der Waals surface area contributed by atoms with Gasteiger partial charge in [0.15, 0.2) is 5.65 Å². The molecule has 0 saturated carbocycles. The highest BCUT2D eigenvalue weighted by Crippen LogP contribution is 2.28. The Morgan fingerprint density at radius 1 is 1.29 bits per heavy atom. The van der Waals surface area contributed by atoms with Gasteiger partial charge < -0.3 is 4.90 Å². The summed E-state index contributed by atoms with van der Waals surface area (Å²) in [6.45, 7) is 4.00. The molecular weight excluding hydrogens is 266 g/mol. The number of nitrogens with one attached hydrogen (secondary N) is 1. The van der Waals surface area contributed by atoms with Crippen LogP contribution in [-0.2, 0) is 0 Å². The minimum Gasteiger partial charge on any atom is -0.354 e. The number of fused-ring (bicyclic) bond motifs is 1. The Bertz CT molecular complexity index is 759. The first kappa shape index (κ1) is 12.3. The summed E-state index contributed by atoms with van der Waals surface area (Å²) in [5.41, 5.74) is 1.99. The maximum absolute atomic E-state index is 4.46. The molecule has 1 unspecified atom stereocenters. The van der Waals surface area contributed by atoms with Gasteiger partial charge in [-0.2, -0.15) is 10.2 Å². The number of H-pyrrole nitrogens is 1. The van der Waals surface area contributed by atoms with Gasteiger partial charge in [0, 0.05) is 19.3 Å². The molecule has 0 amide bonds. The average molecular weight is 283 g/mol. The lowest BCUT2D eigenvalue weighted by molar-refractivity contribution is 0.375. The van der Waals surface area contributed by atoms with Crippen molar-refractivity contribution in [2.75, 3.05) is 18.0 Å². The van der Waals surface area contributed by atoms with Crippen LogP contribution in [0.1, 0.15) is 24.4 Å². The second-order valence-electron chi connectivity index (χ2n) is 5.57. The van der Waals surface area contributed by atoms with E-state index in [9.17, 15) is 0 Å². The summed E-state index contributed by atoms with van der Waals surface area (Å²) in [5.74, 6) is 0.960. The fraction of sp³-hybridized carbons (Fsp3) is 0.429.